The number of rotatable bonds is 0. The molecule has 56 valence electrons. The first kappa shape index (κ1) is 6.20. The molecule has 2 unspecified atom stereocenters. The van der Waals surface area contributed by atoms with Crippen LogP contribution in [0.3, 0.4) is 0 Å². The fourth-order valence-electron chi connectivity index (χ4n) is 2.25. The predicted octanol–water partition coefficient (Wildman–Crippen LogP) is 1.16. The molecule has 1 fully saturated rings. The Morgan fingerprint density at radius 2 is 2.20 bits per heavy atom. The van der Waals surface area contributed by atoms with Crippen molar-refractivity contribution < 1.29 is 0 Å². The van der Waals surface area contributed by atoms with Crippen LogP contribution in [0.25, 0.3) is 0 Å². The van der Waals surface area contributed by atoms with Gasteiger partial charge in [0.25, 0.3) is 0 Å². The highest BCUT2D eigenvalue weighted by atomic mass is 14.9. The molecule has 0 saturated heterocycles. The largest absolute Gasteiger partial charge is 0.387 e. The highest BCUT2D eigenvalue weighted by Gasteiger charge is 2.31. The van der Waals surface area contributed by atoms with Crippen LogP contribution >= 0.6 is 0 Å². The predicted molar refractivity (Wildman–Crippen MR) is 41.9 cm³/mol. The highest BCUT2D eigenvalue weighted by molar-refractivity contribution is 5.83. The van der Waals surface area contributed by atoms with Crippen LogP contribution < -0.4 is 5.73 Å². The molecule has 10 heavy (non-hydrogen) atoms. The van der Waals surface area contributed by atoms with Gasteiger partial charge in [0.15, 0.2) is 0 Å². The lowest BCUT2D eigenvalue weighted by atomic mass is 9.90. The van der Waals surface area contributed by atoms with Gasteiger partial charge in [0.2, 0.25) is 0 Å². The molecule has 2 rings (SSSR count). The second-order valence-electron chi connectivity index (χ2n) is 3.39. The monoisotopic (exact) mass is 138 g/mol. The molecule has 2 aliphatic rings. The third-order valence-electron chi connectivity index (χ3n) is 2.83. The second-order valence-corrected chi connectivity index (χ2v) is 3.39. The topological polar surface area (TPSA) is 38.4 Å². The van der Waals surface area contributed by atoms with Crippen LogP contribution in [0.2, 0.25) is 0 Å². The van der Waals surface area contributed by atoms with Crippen molar-refractivity contribution in [1.29, 1.82) is 0 Å². The van der Waals surface area contributed by atoms with Gasteiger partial charge in [-0.05, 0) is 25.2 Å². The van der Waals surface area contributed by atoms with E-state index in [1.165, 1.54) is 25.7 Å². The molecule has 0 radical (unpaired) electrons. The number of hydrogen-bond donors (Lipinski definition) is 1. The summed E-state index contributed by atoms with van der Waals surface area (Å²) in [5.74, 6) is 2.49. The van der Waals surface area contributed by atoms with Gasteiger partial charge in [-0.3, -0.25) is 4.99 Å². The zero-order valence-electron chi connectivity index (χ0n) is 6.21. The number of nitrogens with two attached hydrogens (primary N) is 1. The van der Waals surface area contributed by atoms with Crippen molar-refractivity contribution in [3.8, 4) is 0 Å². The summed E-state index contributed by atoms with van der Waals surface area (Å²) in [7, 11) is 0. The second kappa shape index (κ2) is 2.26. The van der Waals surface area contributed by atoms with Crippen molar-refractivity contribution in [2.45, 2.75) is 25.7 Å². The molecule has 1 saturated carbocycles. The van der Waals surface area contributed by atoms with Crippen LogP contribution in [0.5, 0.6) is 0 Å². The van der Waals surface area contributed by atoms with Crippen molar-refractivity contribution in [2.24, 2.45) is 22.6 Å². The number of aliphatic imine (C=N–C) groups is 1. The van der Waals surface area contributed by atoms with Crippen LogP contribution in [0.1, 0.15) is 25.7 Å². The molecule has 2 nitrogen and oxygen atoms in total. The third kappa shape index (κ3) is 0.825. The molecule has 2 N–H and O–H groups in total. The molecule has 1 heterocycles. The minimum absolute atomic E-state index is 0.661. The van der Waals surface area contributed by atoms with Gasteiger partial charge < -0.3 is 5.73 Å². The SMILES string of the molecule is NC1=NCCC2CCCC12. The maximum absolute atomic E-state index is 5.77. The van der Waals surface area contributed by atoms with Crippen LogP contribution in [0, 0.1) is 11.8 Å². The van der Waals surface area contributed by atoms with E-state index < -0.39 is 0 Å². The van der Waals surface area contributed by atoms with E-state index in [1.54, 1.807) is 0 Å². The van der Waals surface area contributed by atoms with Gasteiger partial charge in [-0.1, -0.05) is 6.42 Å². The average molecular weight is 138 g/mol. The van der Waals surface area contributed by atoms with Gasteiger partial charge in [-0.2, -0.15) is 0 Å². The maximum Gasteiger partial charge on any atom is 0.0971 e. The van der Waals surface area contributed by atoms with Crippen LogP contribution in [-0.2, 0) is 0 Å². The van der Waals surface area contributed by atoms with Gasteiger partial charge in [-0.15, -0.1) is 0 Å². The molecule has 2 atom stereocenters. The average Bonchev–Trinajstić information content (AvgIpc) is 2.36. The summed E-state index contributed by atoms with van der Waals surface area (Å²) in [4.78, 5) is 4.27. The van der Waals surface area contributed by atoms with Crippen molar-refractivity contribution in [1.82, 2.24) is 0 Å². The Labute approximate surface area is 61.5 Å². The zero-order chi connectivity index (χ0) is 6.97. The Hall–Kier alpha value is -0.530. The van der Waals surface area contributed by atoms with Gasteiger partial charge in [0.1, 0.15) is 0 Å². The van der Waals surface area contributed by atoms with Gasteiger partial charge in [0, 0.05) is 12.5 Å². The molecule has 0 bridgehead atoms. The first-order valence-corrected chi connectivity index (χ1v) is 4.18. The zero-order valence-corrected chi connectivity index (χ0v) is 6.21. The minimum atomic E-state index is 0.661. The number of hydrogen-bond acceptors (Lipinski definition) is 2. The fourth-order valence-corrected chi connectivity index (χ4v) is 2.25. The van der Waals surface area contributed by atoms with Crippen molar-refractivity contribution >= 4 is 5.84 Å². The summed E-state index contributed by atoms with van der Waals surface area (Å²) >= 11 is 0. The summed E-state index contributed by atoms with van der Waals surface area (Å²) in [5.41, 5.74) is 5.77. The van der Waals surface area contributed by atoms with E-state index in [9.17, 15) is 0 Å². The Balaban J connectivity index is 2.16. The molecule has 1 aliphatic heterocycles. The Morgan fingerprint density at radius 1 is 1.30 bits per heavy atom. The molecular weight excluding hydrogens is 124 g/mol. The molecule has 0 spiro atoms. The Morgan fingerprint density at radius 3 is 3.00 bits per heavy atom. The molecule has 0 aromatic rings. The number of amidine groups is 1. The first-order chi connectivity index (χ1) is 4.88. The summed E-state index contributed by atoms with van der Waals surface area (Å²) in [5, 5.41) is 0. The van der Waals surface area contributed by atoms with Crippen molar-refractivity contribution in [3.63, 3.8) is 0 Å². The summed E-state index contributed by atoms with van der Waals surface area (Å²) in [6.07, 6.45) is 5.33. The summed E-state index contributed by atoms with van der Waals surface area (Å²) < 4.78 is 0. The molecular formula is C8H14N2. The molecule has 0 aromatic heterocycles. The number of nitrogens with zero attached hydrogens (tertiary/aromatic N) is 1. The van der Waals surface area contributed by atoms with Crippen LogP contribution in [-0.4, -0.2) is 12.4 Å². The quantitative estimate of drug-likeness (QED) is 0.536. The summed E-state index contributed by atoms with van der Waals surface area (Å²) in [6.45, 7) is 0.979. The van der Waals surface area contributed by atoms with Crippen LogP contribution in [0.15, 0.2) is 4.99 Å². The van der Waals surface area contributed by atoms with Crippen molar-refractivity contribution in [3.05, 3.63) is 0 Å². The van der Waals surface area contributed by atoms with Gasteiger partial charge >= 0.3 is 0 Å². The molecule has 0 aromatic carbocycles. The molecule has 1 aliphatic carbocycles. The van der Waals surface area contributed by atoms with E-state index in [0.717, 1.165) is 18.3 Å². The lowest BCUT2D eigenvalue weighted by Gasteiger charge is -2.22. The lowest BCUT2D eigenvalue weighted by molar-refractivity contribution is 0.430. The van der Waals surface area contributed by atoms with E-state index in [4.69, 9.17) is 5.73 Å². The van der Waals surface area contributed by atoms with E-state index in [2.05, 4.69) is 4.99 Å². The minimum Gasteiger partial charge on any atom is -0.387 e. The lowest BCUT2D eigenvalue weighted by Crippen LogP contribution is -2.30. The standard InChI is InChI=1S/C8H14N2/c9-8-7-3-1-2-6(7)4-5-10-8/h6-7H,1-5H2,(H2,9,10). The van der Waals surface area contributed by atoms with E-state index in [-0.39, 0.29) is 0 Å². The van der Waals surface area contributed by atoms with E-state index in [0.29, 0.717) is 5.92 Å². The Bertz CT molecular complexity index is 163. The van der Waals surface area contributed by atoms with Crippen LogP contribution in [0.4, 0.5) is 0 Å². The Kier molecular flexibility index (Phi) is 1.40. The first-order valence-electron chi connectivity index (χ1n) is 4.18. The van der Waals surface area contributed by atoms with Crippen molar-refractivity contribution in [2.75, 3.05) is 6.54 Å². The normalized spacial score (nSPS) is 39.0. The summed E-state index contributed by atoms with van der Waals surface area (Å²) in [6, 6.07) is 0. The smallest absolute Gasteiger partial charge is 0.0971 e. The van der Waals surface area contributed by atoms with Gasteiger partial charge in [-0.25, -0.2) is 0 Å². The number of fused-ring (bicyclic) bond motifs is 1. The third-order valence-corrected chi connectivity index (χ3v) is 2.83. The van der Waals surface area contributed by atoms with E-state index in [1.807, 2.05) is 0 Å². The maximum atomic E-state index is 5.77. The van der Waals surface area contributed by atoms with Gasteiger partial charge in [0.05, 0.1) is 5.84 Å². The fraction of sp³-hybridized carbons (Fsp3) is 0.875. The molecule has 0 amide bonds. The molecule has 2 heteroatoms. The van der Waals surface area contributed by atoms with E-state index >= 15 is 0 Å². The highest BCUT2D eigenvalue weighted by Crippen LogP contribution is 2.36.